The van der Waals surface area contributed by atoms with Crippen LogP contribution in [0.5, 0.6) is 0 Å². The molecule has 0 aromatic carbocycles. The molecule has 0 bridgehead atoms. The van der Waals surface area contributed by atoms with Crippen LogP contribution in [-0.2, 0) is 14.8 Å². The lowest BCUT2D eigenvalue weighted by atomic mass is 9.99. The van der Waals surface area contributed by atoms with Crippen LogP contribution in [0.15, 0.2) is 0 Å². The van der Waals surface area contributed by atoms with Gasteiger partial charge < -0.3 is 5.11 Å². The van der Waals surface area contributed by atoms with E-state index in [-0.39, 0.29) is 12.5 Å². The number of hydrogen-bond acceptors (Lipinski definition) is 4. The monoisotopic (exact) mass is 292 g/mol. The maximum atomic E-state index is 11.5. The Balaban J connectivity index is 2.56. The van der Waals surface area contributed by atoms with Crippen molar-refractivity contribution in [1.82, 2.24) is 9.21 Å². The molecular formula is C12H24N2O4S. The smallest absolute Gasteiger partial charge is 0.317 e. The molecule has 0 aromatic rings. The van der Waals surface area contributed by atoms with Gasteiger partial charge in [0.15, 0.2) is 0 Å². The van der Waals surface area contributed by atoms with E-state index in [1.807, 2.05) is 11.8 Å². The van der Waals surface area contributed by atoms with E-state index in [0.717, 1.165) is 25.8 Å². The van der Waals surface area contributed by atoms with Crippen molar-refractivity contribution in [1.29, 1.82) is 0 Å². The molecule has 1 unspecified atom stereocenters. The summed E-state index contributed by atoms with van der Waals surface area (Å²) in [7, 11) is -3.13. The first kappa shape index (κ1) is 16.4. The fourth-order valence-corrected chi connectivity index (χ4v) is 3.53. The first-order valence-electron chi connectivity index (χ1n) is 6.72. The summed E-state index contributed by atoms with van der Waals surface area (Å²) in [5.74, 6) is -0.599. The topological polar surface area (TPSA) is 77.9 Å². The molecule has 1 N–H and O–H groups in total. The molecule has 1 heterocycles. The number of carboxylic acids is 1. The van der Waals surface area contributed by atoms with Gasteiger partial charge in [-0.2, -0.15) is 0 Å². The number of aliphatic carboxylic acids is 1. The van der Waals surface area contributed by atoms with Gasteiger partial charge in [0.05, 0.1) is 12.8 Å². The molecule has 0 saturated carbocycles. The highest BCUT2D eigenvalue weighted by Gasteiger charge is 2.27. The molecular weight excluding hydrogens is 268 g/mol. The van der Waals surface area contributed by atoms with Crippen LogP contribution in [-0.4, -0.2) is 67.7 Å². The van der Waals surface area contributed by atoms with Gasteiger partial charge in [0, 0.05) is 19.6 Å². The summed E-state index contributed by atoms with van der Waals surface area (Å²) >= 11 is 0. The summed E-state index contributed by atoms with van der Waals surface area (Å²) in [6.07, 6.45) is 3.95. The van der Waals surface area contributed by atoms with Gasteiger partial charge in [-0.1, -0.05) is 6.92 Å². The Labute approximate surface area is 115 Å². The molecule has 19 heavy (non-hydrogen) atoms. The van der Waals surface area contributed by atoms with Crippen molar-refractivity contribution < 1.29 is 18.3 Å². The molecule has 1 atom stereocenters. The van der Waals surface area contributed by atoms with E-state index >= 15 is 0 Å². The molecule has 1 aliphatic rings. The average molecular weight is 292 g/mol. The summed E-state index contributed by atoms with van der Waals surface area (Å²) in [5, 5.41) is 8.87. The third-order valence-electron chi connectivity index (χ3n) is 3.37. The number of piperidine rings is 1. The first-order chi connectivity index (χ1) is 8.82. The predicted octanol–water partition coefficient (Wildman–Crippen LogP) is 0.455. The van der Waals surface area contributed by atoms with Gasteiger partial charge >= 0.3 is 5.97 Å². The Bertz CT molecular complexity index is 397. The molecule has 1 saturated heterocycles. The highest BCUT2D eigenvalue weighted by atomic mass is 32.2. The van der Waals surface area contributed by atoms with Gasteiger partial charge in [-0.05, 0) is 31.7 Å². The van der Waals surface area contributed by atoms with E-state index in [4.69, 9.17) is 5.11 Å². The number of carboxylic acid groups (broad SMARTS) is 1. The van der Waals surface area contributed by atoms with E-state index in [0.29, 0.717) is 19.6 Å². The van der Waals surface area contributed by atoms with Crippen molar-refractivity contribution in [2.24, 2.45) is 5.92 Å². The van der Waals surface area contributed by atoms with Crippen LogP contribution in [0, 0.1) is 5.92 Å². The third-order valence-corrected chi connectivity index (χ3v) is 4.64. The Hall–Kier alpha value is -0.660. The lowest BCUT2D eigenvalue weighted by Gasteiger charge is -2.33. The highest BCUT2D eigenvalue weighted by molar-refractivity contribution is 7.88. The van der Waals surface area contributed by atoms with Gasteiger partial charge in [-0.25, -0.2) is 12.7 Å². The summed E-state index contributed by atoms with van der Waals surface area (Å²) in [4.78, 5) is 12.7. The number of sulfonamides is 1. The standard InChI is InChI=1S/C12H24N2O4S/c1-3-6-13(10-12(15)16)8-11-5-4-7-14(9-11)19(2,17)18/h11H,3-10H2,1-2H3,(H,15,16). The molecule has 6 nitrogen and oxygen atoms in total. The summed E-state index contributed by atoms with van der Waals surface area (Å²) < 4.78 is 24.6. The van der Waals surface area contributed by atoms with E-state index in [2.05, 4.69) is 0 Å². The summed E-state index contributed by atoms with van der Waals surface area (Å²) in [5.41, 5.74) is 0. The molecule has 0 spiro atoms. The van der Waals surface area contributed by atoms with Crippen LogP contribution in [0.2, 0.25) is 0 Å². The fraction of sp³-hybridized carbons (Fsp3) is 0.917. The number of rotatable bonds is 7. The first-order valence-corrected chi connectivity index (χ1v) is 8.57. The molecule has 7 heteroatoms. The van der Waals surface area contributed by atoms with Crippen LogP contribution in [0.25, 0.3) is 0 Å². The van der Waals surface area contributed by atoms with Crippen LogP contribution < -0.4 is 0 Å². The average Bonchev–Trinajstić information content (AvgIpc) is 2.27. The molecule has 1 aliphatic heterocycles. The molecule has 112 valence electrons. The molecule has 1 rings (SSSR count). The van der Waals surface area contributed by atoms with E-state index in [1.54, 1.807) is 0 Å². The Morgan fingerprint density at radius 3 is 2.68 bits per heavy atom. The third kappa shape index (κ3) is 5.88. The van der Waals surface area contributed by atoms with Crippen LogP contribution in [0.3, 0.4) is 0 Å². The Morgan fingerprint density at radius 1 is 1.47 bits per heavy atom. The number of hydrogen-bond donors (Lipinski definition) is 1. The zero-order chi connectivity index (χ0) is 14.5. The minimum Gasteiger partial charge on any atom is -0.480 e. The van der Waals surface area contributed by atoms with Crippen molar-refractivity contribution in [2.75, 3.05) is 39.0 Å². The molecule has 0 amide bonds. The predicted molar refractivity (Wildman–Crippen MR) is 73.5 cm³/mol. The molecule has 0 aliphatic carbocycles. The minimum atomic E-state index is -3.13. The normalized spacial score (nSPS) is 21.7. The van der Waals surface area contributed by atoms with Crippen LogP contribution in [0.1, 0.15) is 26.2 Å². The Morgan fingerprint density at radius 2 is 2.16 bits per heavy atom. The largest absolute Gasteiger partial charge is 0.480 e. The zero-order valence-electron chi connectivity index (χ0n) is 11.7. The van der Waals surface area contributed by atoms with Crippen molar-refractivity contribution in [3.8, 4) is 0 Å². The quantitative estimate of drug-likeness (QED) is 0.737. The lowest BCUT2D eigenvalue weighted by Crippen LogP contribution is -2.44. The second-order valence-corrected chi connectivity index (χ2v) is 7.24. The Kier molecular flexibility index (Phi) is 6.22. The van der Waals surface area contributed by atoms with Crippen LogP contribution in [0.4, 0.5) is 0 Å². The molecule has 0 aromatic heterocycles. The van der Waals surface area contributed by atoms with Crippen molar-refractivity contribution >= 4 is 16.0 Å². The second-order valence-electron chi connectivity index (χ2n) is 5.26. The van der Waals surface area contributed by atoms with Gasteiger partial charge in [-0.15, -0.1) is 0 Å². The van der Waals surface area contributed by atoms with Crippen molar-refractivity contribution in [2.45, 2.75) is 26.2 Å². The van der Waals surface area contributed by atoms with Gasteiger partial charge in [0.25, 0.3) is 0 Å². The number of carbonyl (C=O) groups is 1. The van der Waals surface area contributed by atoms with Crippen LogP contribution >= 0.6 is 0 Å². The van der Waals surface area contributed by atoms with Gasteiger partial charge in [0.1, 0.15) is 0 Å². The van der Waals surface area contributed by atoms with E-state index < -0.39 is 16.0 Å². The van der Waals surface area contributed by atoms with Gasteiger partial charge in [0.2, 0.25) is 10.0 Å². The SMILES string of the molecule is CCCN(CC(=O)O)CC1CCCN(S(C)(=O)=O)C1. The van der Waals surface area contributed by atoms with Crippen molar-refractivity contribution in [3.05, 3.63) is 0 Å². The van der Waals surface area contributed by atoms with E-state index in [1.165, 1.54) is 10.6 Å². The maximum Gasteiger partial charge on any atom is 0.317 e. The summed E-state index contributed by atoms with van der Waals surface area (Å²) in [6.45, 7) is 4.54. The summed E-state index contributed by atoms with van der Waals surface area (Å²) in [6, 6.07) is 0. The lowest BCUT2D eigenvalue weighted by molar-refractivity contribution is -0.138. The highest BCUT2D eigenvalue weighted by Crippen LogP contribution is 2.19. The van der Waals surface area contributed by atoms with E-state index in [9.17, 15) is 13.2 Å². The second kappa shape index (κ2) is 7.21. The fourth-order valence-electron chi connectivity index (χ4n) is 2.58. The maximum absolute atomic E-state index is 11.5. The molecule has 0 radical (unpaired) electrons. The van der Waals surface area contributed by atoms with Crippen molar-refractivity contribution in [3.63, 3.8) is 0 Å². The minimum absolute atomic E-state index is 0.0310. The van der Waals surface area contributed by atoms with Gasteiger partial charge in [-0.3, -0.25) is 9.69 Å². The molecule has 1 fully saturated rings. The zero-order valence-corrected chi connectivity index (χ0v) is 12.5. The number of nitrogens with zero attached hydrogens (tertiary/aromatic N) is 2.